The minimum atomic E-state index is -0.284. The Balaban J connectivity index is 1.42. The summed E-state index contributed by atoms with van der Waals surface area (Å²) in [6.45, 7) is 1.91. The number of hydrogen-bond acceptors (Lipinski definition) is 4. The summed E-state index contributed by atoms with van der Waals surface area (Å²) in [5.41, 5.74) is 0. The van der Waals surface area contributed by atoms with Crippen molar-refractivity contribution in [1.29, 1.82) is 0 Å². The summed E-state index contributed by atoms with van der Waals surface area (Å²) in [5, 5.41) is 0. The van der Waals surface area contributed by atoms with Crippen molar-refractivity contribution < 1.29 is 4.79 Å². The number of hydrogen-bond donors (Lipinski definition) is 0. The summed E-state index contributed by atoms with van der Waals surface area (Å²) >= 11 is 1.78. The largest absolute Gasteiger partial charge is 0.356 e. The van der Waals surface area contributed by atoms with Crippen LogP contribution in [0.2, 0.25) is 0 Å². The summed E-state index contributed by atoms with van der Waals surface area (Å²) in [4.78, 5) is 23.7. The second-order valence-corrected chi connectivity index (χ2v) is 9.40. The third kappa shape index (κ3) is 4.04. The van der Waals surface area contributed by atoms with Crippen LogP contribution in [0.4, 0.5) is 5.82 Å². The van der Waals surface area contributed by atoms with Crippen molar-refractivity contribution in [3.05, 3.63) is 54.7 Å². The third-order valence-electron chi connectivity index (χ3n) is 6.16. The van der Waals surface area contributed by atoms with Gasteiger partial charge in [-0.2, -0.15) is 0 Å². The second kappa shape index (κ2) is 8.56. The van der Waals surface area contributed by atoms with E-state index in [0.717, 1.165) is 57.4 Å². The smallest absolute Gasteiger partial charge is 0.239 e. The fourth-order valence-corrected chi connectivity index (χ4v) is 6.00. The Bertz CT molecular complexity index is 769. The van der Waals surface area contributed by atoms with E-state index in [1.807, 2.05) is 31.4 Å². The second-order valence-electron chi connectivity index (χ2n) is 7.94. The van der Waals surface area contributed by atoms with Crippen LogP contribution in [0.3, 0.4) is 0 Å². The lowest BCUT2D eigenvalue weighted by atomic mass is 9.99. The molecule has 0 unspecified atom stereocenters. The fourth-order valence-electron chi connectivity index (χ4n) is 4.53. The Labute approximate surface area is 172 Å². The molecule has 0 spiro atoms. The van der Waals surface area contributed by atoms with Gasteiger partial charge in [0.1, 0.15) is 5.82 Å². The molecule has 4 nitrogen and oxygen atoms in total. The Kier molecular flexibility index (Phi) is 5.90. The SMILES string of the molecule is CN(C(=O)C1(Sc2ccccc2)CCCC1)C1CCN(c2ccccn2)CC1. The molecule has 2 fully saturated rings. The average molecular weight is 396 g/mol. The summed E-state index contributed by atoms with van der Waals surface area (Å²) < 4.78 is -0.284. The van der Waals surface area contributed by atoms with Gasteiger partial charge in [-0.3, -0.25) is 4.79 Å². The van der Waals surface area contributed by atoms with Crippen molar-refractivity contribution in [2.24, 2.45) is 0 Å². The third-order valence-corrected chi connectivity index (χ3v) is 7.64. The highest BCUT2D eigenvalue weighted by molar-refractivity contribution is 8.01. The van der Waals surface area contributed by atoms with E-state index in [9.17, 15) is 4.79 Å². The van der Waals surface area contributed by atoms with E-state index in [2.05, 4.69) is 45.1 Å². The van der Waals surface area contributed by atoms with Gasteiger partial charge < -0.3 is 9.80 Å². The van der Waals surface area contributed by atoms with Gasteiger partial charge in [0.05, 0.1) is 4.75 Å². The molecule has 2 heterocycles. The molecule has 0 N–H and O–H groups in total. The van der Waals surface area contributed by atoms with Gasteiger partial charge in [0.15, 0.2) is 0 Å². The van der Waals surface area contributed by atoms with E-state index in [0.29, 0.717) is 11.9 Å². The first-order valence-electron chi connectivity index (χ1n) is 10.4. The van der Waals surface area contributed by atoms with E-state index in [1.54, 1.807) is 11.8 Å². The Hall–Kier alpha value is -2.01. The van der Waals surface area contributed by atoms with Crippen molar-refractivity contribution in [2.45, 2.75) is 54.2 Å². The lowest BCUT2D eigenvalue weighted by Gasteiger charge is -2.40. The monoisotopic (exact) mass is 395 g/mol. The predicted octanol–water partition coefficient (Wildman–Crippen LogP) is 4.61. The van der Waals surface area contributed by atoms with Crippen molar-refractivity contribution in [3.63, 3.8) is 0 Å². The first-order chi connectivity index (χ1) is 13.7. The minimum absolute atomic E-state index is 0.284. The van der Waals surface area contributed by atoms with Crippen molar-refractivity contribution >= 4 is 23.5 Å². The Morgan fingerprint density at radius 3 is 2.39 bits per heavy atom. The van der Waals surface area contributed by atoms with E-state index >= 15 is 0 Å². The van der Waals surface area contributed by atoms with Gasteiger partial charge in [0.2, 0.25) is 5.91 Å². The van der Waals surface area contributed by atoms with Crippen LogP contribution in [0.5, 0.6) is 0 Å². The number of piperidine rings is 1. The first-order valence-corrected chi connectivity index (χ1v) is 11.2. The van der Waals surface area contributed by atoms with Gasteiger partial charge in [-0.1, -0.05) is 37.1 Å². The van der Waals surface area contributed by atoms with Crippen molar-refractivity contribution in [2.75, 3.05) is 25.0 Å². The molecule has 1 aliphatic heterocycles. The molecule has 1 aromatic carbocycles. The van der Waals surface area contributed by atoms with Gasteiger partial charge in [-0.25, -0.2) is 4.98 Å². The van der Waals surface area contributed by atoms with Gasteiger partial charge in [0, 0.05) is 37.3 Å². The first kappa shape index (κ1) is 19.3. The number of amides is 1. The summed E-state index contributed by atoms with van der Waals surface area (Å²) in [6, 6.07) is 16.8. The molecule has 148 valence electrons. The topological polar surface area (TPSA) is 36.4 Å². The molecule has 0 bridgehead atoms. The number of rotatable bonds is 5. The fraction of sp³-hybridized carbons (Fsp3) is 0.478. The summed E-state index contributed by atoms with van der Waals surface area (Å²) in [7, 11) is 2.02. The minimum Gasteiger partial charge on any atom is -0.356 e. The molecule has 2 aromatic rings. The van der Waals surface area contributed by atoms with Crippen LogP contribution in [0.1, 0.15) is 38.5 Å². The predicted molar refractivity (Wildman–Crippen MR) is 116 cm³/mol. The zero-order valence-electron chi connectivity index (χ0n) is 16.6. The molecule has 1 amide bonds. The van der Waals surface area contributed by atoms with E-state index in [4.69, 9.17) is 0 Å². The number of pyridine rings is 1. The maximum Gasteiger partial charge on any atom is 0.239 e. The zero-order valence-corrected chi connectivity index (χ0v) is 17.4. The molecule has 1 saturated carbocycles. The van der Waals surface area contributed by atoms with E-state index in [1.165, 1.54) is 4.90 Å². The maximum atomic E-state index is 13.6. The number of carbonyl (C=O) groups excluding carboxylic acids is 1. The highest BCUT2D eigenvalue weighted by Crippen LogP contribution is 2.46. The van der Waals surface area contributed by atoms with Crippen LogP contribution in [0.15, 0.2) is 59.6 Å². The summed E-state index contributed by atoms with van der Waals surface area (Å²) in [6.07, 6.45) is 8.14. The zero-order chi connectivity index (χ0) is 19.4. The maximum absolute atomic E-state index is 13.6. The van der Waals surface area contributed by atoms with Crippen LogP contribution < -0.4 is 4.90 Å². The van der Waals surface area contributed by atoms with Gasteiger partial charge in [-0.05, 0) is 49.9 Å². The molecular formula is C23H29N3OS. The standard InChI is InChI=1S/C23H29N3OS/c1-25(19-12-17-26(18-13-19)21-11-5-8-16-24-21)22(27)23(14-6-7-15-23)28-20-9-3-2-4-10-20/h2-5,8-11,16,19H,6-7,12-15,17-18H2,1H3. The molecule has 5 heteroatoms. The molecule has 1 saturated heterocycles. The van der Waals surface area contributed by atoms with Crippen LogP contribution in [-0.4, -0.2) is 46.7 Å². The summed E-state index contributed by atoms with van der Waals surface area (Å²) in [5.74, 6) is 1.37. The average Bonchev–Trinajstić information content (AvgIpc) is 3.24. The number of carbonyl (C=O) groups is 1. The van der Waals surface area contributed by atoms with Gasteiger partial charge in [0.25, 0.3) is 0 Å². The highest BCUT2D eigenvalue weighted by atomic mass is 32.2. The number of thioether (sulfide) groups is 1. The quantitative estimate of drug-likeness (QED) is 0.740. The van der Waals surface area contributed by atoms with E-state index in [-0.39, 0.29) is 4.75 Å². The molecule has 2 aliphatic rings. The van der Waals surface area contributed by atoms with Crippen LogP contribution in [-0.2, 0) is 4.79 Å². The van der Waals surface area contributed by atoms with Crippen molar-refractivity contribution in [3.8, 4) is 0 Å². The number of nitrogens with zero attached hydrogens (tertiary/aromatic N) is 3. The van der Waals surface area contributed by atoms with E-state index < -0.39 is 0 Å². The molecule has 1 aromatic heterocycles. The number of aromatic nitrogens is 1. The Morgan fingerprint density at radius 2 is 1.75 bits per heavy atom. The molecule has 0 atom stereocenters. The van der Waals surface area contributed by atoms with Crippen LogP contribution in [0, 0.1) is 0 Å². The highest BCUT2D eigenvalue weighted by Gasteiger charge is 2.45. The molecule has 1 aliphatic carbocycles. The van der Waals surface area contributed by atoms with Crippen LogP contribution in [0.25, 0.3) is 0 Å². The number of anilines is 1. The lowest BCUT2D eigenvalue weighted by Crippen LogP contribution is -2.51. The molecule has 28 heavy (non-hydrogen) atoms. The normalized spacial score (nSPS) is 19.5. The number of benzene rings is 1. The van der Waals surface area contributed by atoms with Crippen molar-refractivity contribution in [1.82, 2.24) is 9.88 Å². The lowest BCUT2D eigenvalue weighted by molar-refractivity contribution is -0.134. The van der Waals surface area contributed by atoms with Gasteiger partial charge >= 0.3 is 0 Å². The van der Waals surface area contributed by atoms with Crippen LogP contribution >= 0.6 is 11.8 Å². The molecule has 4 rings (SSSR count). The Morgan fingerprint density at radius 1 is 1.07 bits per heavy atom. The van der Waals surface area contributed by atoms with Gasteiger partial charge in [-0.15, -0.1) is 11.8 Å². The molecular weight excluding hydrogens is 366 g/mol. The molecule has 0 radical (unpaired) electrons.